The minimum absolute atomic E-state index is 0.268. The first-order valence-corrected chi connectivity index (χ1v) is 8.64. The maximum atomic E-state index is 11.8. The molecule has 3 atom stereocenters. The average Bonchev–Trinajstić information content (AvgIpc) is 2.80. The van der Waals surface area contributed by atoms with Crippen molar-refractivity contribution in [3.05, 3.63) is 0 Å². The van der Waals surface area contributed by atoms with Crippen LogP contribution in [0.25, 0.3) is 0 Å². The van der Waals surface area contributed by atoms with E-state index in [9.17, 15) is 4.79 Å². The topological polar surface area (TPSA) is 76.4 Å². The summed E-state index contributed by atoms with van der Waals surface area (Å²) in [7, 11) is 0. The largest absolute Gasteiger partial charge is 0.444 e. The van der Waals surface area contributed by atoms with Gasteiger partial charge in [0.2, 0.25) is 0 Å². The van der Waals surface area contributed by atoms with Gasteiger partial charge in [-0.1, -0.05) is 20.3 Å². The van der Waals surface area contributed by atoms with E-state index in [1.807, 2.05) is 20.8 Å². The molecule has 0 aromatic carbocycles. The monoisotopic (exact) mass is 313 g/mol. The highest BCUT2D eigenvalue weighted by atomic mass is 16.6. The summed E-state index contributed by atoms with van der Waals surface area (Å²) in [6.07, 6.45) is 4.33. The van der Waals surface area contributed by atoms with Crippen LogP contribution in [0.2, 0.25) is 0 Å². The maximum Gasteiger partial charge on any atom is 0.407 e. The van der Waals surface area contributed by atoms with Gasteiger partial charge in [0.15, 0.2) is 0 Å². The van der Waals surface area contributed by atoms with E-state index in [2.05, 4.69) is 24.5 Å². The molecule has 0 aromatic rings. The summed E-state index contributed by atoms with van der Waals surface area (Å²) in [5, 5.41) is 6.61. The highest BCUT2D eigenvalue weighted by Gasteiger charge is 2.28. The third-order valence-corrected chi connectivity index (χ3v) is 4.06. The molecule has 1 aliphatic carbocycles. The van der Waals surface area contributed by atoms with Gasteiger partial charge < -0.3 is 21.1 Å². The van der Waals surface area contributed by atoms with Crippen molar-refractivity contribution in [2.24, 2.45) is 17.6 Å². The van der Waals surface area contributed by atoms with E-state index < -0.39 is 5.60 Å². The highest BCUT2D eigenvalue weighted by Crippen LogP contribution is 2.25. The second-order valence-electron chi connectivity index (χ2n) is 7.91. The molecule has 0 saturated heterocycles. The van der Waals surface area contributed by atoms with Gasteiger partial charge in [-0.15, -0.1) is 0 Å². The second-order valence-corrected chi connectivity index (χ2v) is 7.91. The summed E-state index contributed by atoms with van der Waals surface area (Å²) in [5.74, 6) is 1.15. The van der Waals surface area contributed by atoms with Gasteiger partial charge in [0.25, 0.3) is 0 Å². The Morgan fingerprint density at radius 2 is 2.00 bits per heavy atom. The van der Waals surface area contributed by atoms with Crippen LogP contribution in [0.3, 0.4) is 0 Å². The average molecular weight is 313 g/mol. The van der Waals surface area contributed by atoms with Gasteiger partial charge in [-0.2, -0.15) is 0 Å². The van der Waals surface area contributed by atoms with Crippen LogP contribution in [0.1, 0.15) is 60.3 Å². The first-order valence-electron chi connectivity index (χ1n) is 8.64. The van der Waals surface area contributed by atoms with Gasteiger partial charge in [-0.3, -0.25) is 0 Å². The molecule has 1 saturated carbocycles. The molecule has 5 heteroatoms. The number of hydrogen-bond acceptors (Lipinski definition) is 4. The van der Waals surface area contributed by atoms with E-state index in [1.165, 1.54) is 19.3 Å². The van der Waals surface area contributed by atoms with Crippen molar-refractivity contribution in [3.63, 3.8) is 0 Å². The first kappa shape index (κ1) is 19.2. The number of nitrogens with two attached hydrogens (primary N) is 1. The van der Waals surface area contributed by atoms with E-state index in [-0.39, 0.29) is 12.1 Å². The zero-order valence-electron chi connectivity index (χ0n) is 14.9. The Bertz CT molecular complexity index is 339. The van der Waals surface area contributed by atoms with Crippen molar-refractivity contribution in [1.82, 2.24) is 10.6 Å². The standard InChI is InChI=1S/C17H35N3O2/c1-12(2)9-14(11-19-16(21)22-17(3,4)5)20-15-8-6-7-13(15)10-18/h12-15,20H,6-11,18H2,1-5H3,(H,19,21). The van der Waals surface area contributed by atoms with Crippen molar-refractivity contribution < 1.29 is 9.53 Å². The van der Waals surface area contributed by atoms with Crippen molar-refractivity contribution in [2.75, 3.05) is 13.1 Å². The number of amides is 1. The van der Waals surface area contributed by atoms with Crippen molar-refractivity contribution in [1.29, 1.82) is 0 Å². The normalized spacial score (nSPS) is 23.6. The van der Waals surface area contributed by atoms with Gasteiger partial charge in [-0.25, -0.2) is 4.79 Å². The molecular weight excluding hydrogens is 278 g/mol. The zero-order chi connectivity index (χ0) is 16.8. The lowest BCUT2D eigenvalue weighted by Gasteiger charge is -2.28. The van der Waals surface area contributed by atoms with Crippen LogP contribution in [0, 0.1) is 11.8 Å². The van der Waals surface area contributed by atoms with Crippen LogP contribution < -0.4 is 16.4 Å². The Morgan fingerprint density at radius 1 is 1.32 bits per heavy atom. The first-order chi connectivity index (χ1) is 10.2. The molecule has 1 aliphatic rings. The van der Waals surface area contributed by atoms with E-state index in [1.54, 1.807) is 0 Å². The predicted octanol–water partition coefficient (Wildman–Crippen LogP) is 2.64. The van der Waals surface area contributed by atoms with Crippen molar-refractivity contribution in [2.45, 2.75) is 78.0 Å². The number of hydrogen-bond donors (Lipinski definition) is 3. The lowest BCUT2D eigenvalue weighted by Crippen LogP contribution is -2.49. The Morgan fingerprint density at radius 3 is 2.55 bits per heavy atom. The number of ether oxygens (including phenoxy) is 1. The summed E-state index contributed by atoms with van der Waals surface area (Å²) < 4.78 is 5.31. The second kappa shape index (κ2) is 8.73. The molecule has 0 spiro atoms. The van der Waals surface area contributed by atoms with Crippen LogP contribution in [0.5, 0.6) is 0 Å². The highest BCUT2D eigenvalue weighted by molar-refractivity contribution is 5.67. The molecule has 1 rings (SSSR count). The Hall–Kier alpha value is -0.810. The molecule has 130 valence electrons. The van der Waals surface area contributed by atoms with Crippen molar-refractivity contribution in [3.8, 4) is 0 Å². The fourth-order valence-corrected chi connectivity index (χ4v) is 3.14. The molecule has 5 nitrogen and oxygen atoms in total. The summed E-state index contributed by atoms with van der Waals surface area (Å²) in [6.45, 7) is 11.4. The van der Waals surface area contributed by atoms with Crippen molar-refractivity contribution >= 4 is 6.09 Å². The van der Waals surface area contributed by atoms with Crippen LogP contribution in [-0.4, -0.2) is 36.9 Å². The van der Waals surface area contributed by atoms with E-state index in [0.29, 0.717) is 24.4 Å². The maximum absolute atomic E-state index is 11.8. The summed E-state index contributed by atoms with van der Waals surface area (Å²) in [6, 6.07) is 0.749. The van der Waals surface area contributed by atoms with Crippen LogP contribution >= 0.6 is 0 Å². The molecule has 1 fully saturated rings. The predicted molar refractivity (Wildman–Crippen MR) is 90.8 cm³/mol. The molecule has 0 bridgehead atoms. The molecule has 0 heterocycles. The van der Waals surface area contributed by atoms with Gasteiger partial charge in [-0.05, 0) is 58.4 Å². The Labute approximate surface area is 135 Å². The Kier molecular flexibility index (Phi) is 7.63. The molecule has 22 heavy (non-hydrogen) atoms. The van der Waals surface area contributed by atoms with Gasteiger partial charge in [0.1, 0.15) is 5.60 Å². The fourth-order valence-electron chi connectivity index (χ4n) is 3.14. The summed E-state index contributed by atoms with van der Waals surface area (Å²) >= 11 is 0. The van der Waals surface area contributed by atoms with Crippen LogP contribution in [-0.2, 0) is 4.74 Å². The zero-order valence-corrected chi connectivity index (χ0v) is 14.9. The Balaban J connectivity index is 2.48. The molecule has 1 amide bonds. The lowest BCUT2D eigenvalue weighted by atomic mass is 9.99. The number of nitrogens with one attached hydrogen (secondary N) is 2. The summed E-state index contributed by atoms with van der Waals surface area (Å²) in [5.41, 5.74) is 5.41. The van der Waals surface area contributed by atoms with Crippen LogP contribution in [0.4, 0.5) is 4.79 Å². The molecule has 0 aromatic heterocycles. The van der Waals surface area contributed by atoms with E-state index in [4.69, 9.17) is 10.5 Å². The molecule has 3 unspecified atom stereocenters. The van der Waals surface area contributed by atoms with E-state index >= 15 is 0 Å². The number of carbonyl (C=O) groups excluding carboxylic acids is 1. The quantitative estimate of drug-likeness (QED) is 0.675. The SMILES string of the molecule is CC(C)CC(CNC(=O)OC(C)(C)C)NC1CCCC1CN. The van der Waals surface area contributed by atoms with E-state index in [0.717, 1.165) is 13.0 Å². The molecule has 0 radical (unpaired) electrons. The summed E-state index contributed by atoms with van der Waals surface area (Å²) in [4.78, 5) is 11.8. The molecule has 4 N–H and O–H groups in total. The molecular formula is C17H35N3O2. The minimum Gasteiger partial charge on any atom is -0.444 e. The lowest BCUT2D eigenvalue weighted by molar-refractivity contribution is 0.0519. The number of carbonyl (C=O) groups is 1. The number of rotatable bonds is 7. The smallest absolute Gasteiger partial charge is 0.407 e. The van der Waals surface area contributed by atoms with Gasteiger partial charge in [0.05, 0.1) is 0 Å². The van der Waals surface area contributed by atoms with Gasteiger partial charge >= 0.3 is 6.09 Å². The fraction of sp³-hybridized carbons (Fsp3) is 0.941. The molecule has 0 aliphatic heterocycles. The van der Waals surface area contributed by atoms with Crippen LogP contribution in [0.15, 0.2) is 0 Å². The number of alkyl carbamates (subject to hydrolysis) is 1. The van der Waals surface area contributed by atoms with Gasteiger partial charge in [0, 0.05) is 18.6 Å². The third kappa shape index (κ3) is 7.45. The third-order valence-electron chi connectivity index (χ3n) is 4.06. The minimum atomic E-state index is -0.457.